The Kier molecular flexibility index (Phi) is 5.58. The molecule has 0 aromatic carbocycles. The zero-order valence-electron chi connectivity index (χ0n) is 6.75. The molecule has 0 radical (unpaired) electrons. The fraction of sp³-hybridized carbons (Fsp3) is 1.00. The lowest BCUT2D eigenvalue weighted by Gasteiger charge is -2.18. The second-order valence-electron chi connectivity index (χ2n) is 2.77. The third kappa shape index (κ3) is 4.73. The van der Waals surface area contributed by atoms with Gasteiger partial charge in [0.25, 0.3) is 0 Å². The van der Waals surface area contributed by atoms with Crippen molar-refractivity contribution in [2.75, 3.05) is 33.4 Å². The normalized spacial score (nSPS) is 14.1. The molecule has 0 aromatic rings. The Hall–Kier alpha value is -0.120. The van der Waals surface area contributed by atoms with Gasteiger partial charge in [-0.15, -0.1) is 0 Å². The average Bonchev–Trinajstić information content (AvgIpc) is 1.88. The minimum atomic E-state index is 0.189. The van der Waals surface area contributed by atoms with Crippen molar-refractivity contribution in [1.29, 1.82) is 0 Å². The summed E-state index contributed by atoms with van der Waals surface area (Å²) >= 11 is 0. The molecular weight excluding hydrogens is 130 g/mol. The second-order valence-corrected chi connectivity index (χ2v) is 2.77. The summed E-state index contributed by atoms with van der Waals surface area (Å²) in [6.45, 7) is 3.92. The smallest absolute Gasteiger partial charge is 0.0558 e. The van der Waals surface area contributed by atoms with Crippen LogP contribution in [0.1, 0.15) is 6.92 Å². The molecule has 0 saturated heterocycles. The summed E-state index contributed by atoms with van der Waals surface area (Å²) in [4.78, 5) is 2.00. The highest BCUT2D eigenvalue weighted by molar-refractivity contribution is 4.56. The molecule has 0 heterocycles. The van der Waals surface area contributed by atoms with E-state index in [1.54, 1.807) is 0 Å². The van der Waals surface area contributed by atoms with Crippen LogP contribution in [-0.4, -0.2) is 48.5 Å². The third-order valence-corrected chi connectivity index (χ3v) is 1.42. The molecule has 3 nitrogen and oxygen atoms in total. The van der Waals surface area contributed by atoms with E-state index in [-0.39, 0.29) is 13.2 Å². The molecule has 3 heteroatoms. The van der Waals surface area contributed by atoms with Gasteiger partial charge in [-0.1, -0.05) is 6.92 Å². The molecule has 2 N–H and O–H groups in total. The van der Waals surface area contributed by atoms with Crippen LogP contribution in [-0.2, 0) is 0 Å². The van der Waals surface area contributed by atoms with Crippen molar-refractivity contribution in [1.82, 2.24) is 4.90 Å². The maximum Gasteiger partial charge on any atom is 0.0558 e. The minimum absolute atomic E-state index is 0.189. The zero-order chi connectivity index (χ0) is 7.98. The van der Waals surface area contributed by atoms with Gasteiger partial charge in [0, 0.05) is 19.7 Å². The van der Waals surface area contributed by atoms with E-state index in [0.717, 1.165) is 6.54 Å². The van der Waals surface area contributed by atoms with E-state index in [2.05, 4.69) is 0 Å². The molecule has 0 aromatic heterocycles. The predicted octanol–water partition coefficient (Wildman–Crippen LogP) is -0.461. The molecule has 0 rings (SSSR count). The Balaban J connectivity index is 3.27. The summed E-state index contributed by atoms with van der Waals surface area (Å²) in [7, 11) is 1.93. The van der Waals surface area contributed by atoms with Crippen LogP contribution in [0.25, 0.3) is 0 Å². The summed E-state index contributed by atoms with van der Waals surface area (Å²) in [6.07, 6.45) is 0. The first kappa shape index (κ1) is 9.88. The number of rotatable bonds is 5. The SMILES string of the molecule is C[C@H](CO)CN(C)CCO. The van der Waals surface area contributed by atoms with Crippen molar-refractivity contribution in [2.24, 2.45) is 5.92 Å². The van der Waals surface area contributed by atoms with Crippen molar-refractivity contribution in [3.63, 3.8) is 0 Å². The van der Waals surface area contributed by atoms with Gasteiger partial charge in [-0.2, -0.15) is 0 Å². The van der Waals surface area contributed by atoms with Gasteiger partial charge in [0.05, 0.1) is 6.61 Å². The largest absolute Gasteiger partial charge is 0.396 e. The summed E-state index contributed by atoms with van der Waals surface area (Å²) in [5.74, 6) is 0.302. The number of hydrogen-bond donors (Lipinski definition) is 2. The molecule has 62 valence electrons. The van der Waals surface area contributed by atoms with Crippen LogP contribution in [0.3, 0.4) is 0 Å². The molecule has 0 aliphatic carbocycles. The lowest BCUT2D eigenvalue weighted by Crippen LogP contribution is -2.28. The average molecular weight is 147 g/mol. The molecule has 1 atom stereocenters. The third-order valence-electron chi connectivity index (χ3n) is 1.42. The number of hydrogen-bond acceptors (Lipinski definition) is 3. The number of nitrogens with zero attached hydrogens (tertiary/aromatic N) is 1. The molecule has 0 amide bonds. The van der Waals surface area contributed by atoms with Crippen molar-refractivity contribution < 1.29 is 10.2 Å². The van der Waals surface area contributed by atoms with Crippen LogP contribution >= 0.6 is 0 Å². The van der Waals surface area contributed by atoms with Crippen LogP contribution in [0, 0.1) is 5.92 Å². The zero-order valence-corrected chi connectivity index (χ0v) is 6.75. The lowest BCUT2D eigenvalue weighted by atomic mass is 10.2. The molecule has 0 saturated carbocycles. The highest BCUT2D eigenvalue weighted by Gasteiger charge is 2.03. The molecule has 0 aliphatic rings. The second kappa shape index (κ2) is 5.65. The van der Waals surface area contributed by atoms with Crippen molar-refractivity contribution >= 4 is 0 Å². The quantitative estimate of drug-likeness (QED) is 0.553. The van der Waals surface area contributed by atoms with E-state index in [1.807, 2.05) is 18.9 Å². The minimum Gasteiger partial charge on any atom is -0.396 e. The Bertz CT molecular complexity index is 78.0. The van der Waals surface area contributed by atoms with Crippen LogP contribution in [0.5, 0.6) is 0 Å². The van der Waals surface area contributed by atoms with Gasteiger partial charge >= 0.3 is 0 Å². The Morgan fingerprint density at radius 2 is 2.00 bits per heavy atom. The lowest BCUT2D eigenvalue weighted by molar-refractivity contribution is 0.167. The molecular formula is C7H17NO2. The van der Waals surface area contributed by atoms with E-state index >= 15 is 0 Å². The molecule has 10 heavy (non-hydrogen) atoms. The number of aliphatic hydroxyl groups is 2. The van der Waals surface area contributed by atoms with Crippen LogP contribution in [0.15, 0.2) is 0 Å². The standard InChI is InChI=1S/C7H17NO2/c1-7(6-10)5-8(2)3-4-9/h7,9-10H,3-6H2,1-2H3/t7-/m0/s1. The number of aliphatic hydroxyl groups excluding tert-OH is 2. The maximum atomic E-state index is 8.66. The van der Waals surface area contributed by atoms with E-state index in [1.165, 1.54) is 0 Å². The Morgan fingerprint density at radius 1 is 1.40 bits per heavy atom. The summed E-state index contributed by atoms with van der Waals surface area (Å²) in [5.41, 5.74) is 0. The van der Waals surface area contributed by atoms with E-state index < -0.39 is 0 Å². The monoisotopic (exact) mass is 147 g/mol. The summed E-state index contributed by atoms with van der Waals surface area (Å²) in [5, 5.41) is 17.2. The van der Waals surface area contributed by atoms with Gasteiger partial charge in [0.2, 0.25) is 0 Å². The topological polar surface area (TPSA) is 43.7 Å². The Morgan fingerprint density at radius 3 is 2.40 bits per heavy atom. The van der Waals surface area contributed by atoms with Crippen molar-refractivity contribution in [3.05, 3.63) is 0 Å². The highest BCUT2D eigenvalue weighted by Crippen LogP contribution is 1.94. The van der Waals surface area contributed by atoms with Gasteiger partial charge in [-0.3, -0.25) is 0 Å². The van der Waals surface area contributed by atoms with E-state index in [0.29, 0.717) is 12.5 Å². The van der Waals surface area contributed by atoms with Crippen LogP contribution in [0.2, 0.25) is 0 Å². The first-order valence-electron chi connectivity index (χ1n) is 3.61. The fourth-order valence-corrected chi connectivity index (χ4v) is 0.852. The van der Waals surface area contributed by atoms with Gasteiger partial charge in [0.15, 0.2) is 0 Å². The van der Waals surface area contributed by atoms with Gasteiger partial charge in [-0.25, -0.2) is 0 Å². The van der Waals surface area contributed by atoms with Gasteiger partial charge in [0.1, 0.15) is 0 Å². The maximum absolute atomic E-state index is 8.66. The molecule has 0 spiro atoms. The summed E-state index contributed by atoms with van der Waals surface area (Å²) < 4.78 is 0. The number of likely N-dealkylation sites (N-methyl/N-ethyl adjacent to an activating group) is 1. The predicted molar refractivity (Wildman–Crippen MR) is 40.8 cm³/mol. The van der Waals surface area contributed by atoms with Crippen molar-refractivity contribution in [2.45, 2.75) is 6.92 Å². The molecule has 0 fully saturated rings. The Labute approximate surface area is 62.3 Å². The highest BCUT2D eigenvalue weighted by atomic mass is 16.3. The summed E-state index contributed by atoms with van der Waals surface area (Å²) in [6, 6.07) is 0. The van der Waals surface area contributed by atoms with Crippen molar-refractivity contribution in [3.8, 4) is 0 Å². The first-order valence-corrected chi connectivity index (χ1v) is 3.61. The molecule has 0 unspecified atom stereocenters. The van der Waals surface area contributed by atoms with Crippen LogP contribution < -0.4 is 0 Å². The van der Waals surface area contributed by atoms with Crippen LogP contribution in [0.4, 0.5) is 0 Å². The van der Waals surface area contributed by atoms with E-state index in [4.69, 9.17) is 10.2 Å². The van der Waals surface area contributed by atoms with Gasteiger partial charge < -0.3 is 15.1 Å². The van der Waals surface area contributed by atoms with E-state index in [9.17, 15) is 0 Å². The molecule has 0 bridgehead atoms. The first-order chi connectivity index (χ1) is 4.70. The fourth-order valence-electron chi connectivity index (χ4n) is 0.852. The molecule has 0 aliphatic heterocycles. The van der Waals surface area contributed by atoms with Gasteiger partial charge in [-0.05, 0) is 13.0 Å².